The molecule has 1 N–H and O–H groups in total. The first-order chi connectivity index (χ1) is 6.81. The van der Waals surface area contributed by atoms with Gasteiger partial charge in [0.2, 0.25) is 0 Å². The third kappa shape index (κ3) is 1.72. The molecule has 0 aliphatic rings. The van der Waals surface area contributed by atoms with Crippen molar-refractivity contribution < 1.29 is 0 Å². The summed E-state index contributed by atoms with van der Waals surface area (Å²) in [4.78, 5) is 3.08. The summed E-state index contributed by atoms with van der Waals surface area (Å²) in [6, 6.07) is 5.81. The molecule has 0 fully saturated rings. The summed E-state index contributed by atoms with van der Waals surface area (Å²) >= 11 is 11.5. The topological polar surface area (TPSA) is 15.8 Å². The molecule has 1 aromatic carbocycles. The van der Waals surface area contributed by atoms with Gasteiger partial charge >= 0.3 is 0 Å². The minimum Gasteiger partial charge on any atom is -0.361 e. The molecular formula is C11H7Cl2N. The van der Waals surface area contributed by atoms with Crippen molar-refractivity contribution in [3.05, 3.63) is 35.0 Å². The standard InChI is InChI=1S/C11H7Cl2N/c12-4-1-2-8-6-9-3-5-14-11(9)7-10(8)13/h3,5-7,14H,4H2. The van der Waals surface area contributed by atoms with Gasteiger partial charge < -0.3 is 4.98 Å². The van der Waals surface area contributed by atoms with E-state index in [2.05, 4.69) is 16.8 Å². The van der Waals surface area contributed by atoms with E-state index in [1.165, 1.54) is 0 Å². The smallest absolute Gasteiger partial charge is 0.0839 e. The van der Waals surface area contributed by atoms with Gasteiger partial charge in [0, 0.05) is 22.7 Å². The fourth-order valence-electron chi connectivity index (χ4n) is 1.30. The monoisotopic (exact) mass is 223 g/mol. The number of nitrogens with one attached hydrogen (secondary N) is 1. The Labute approximate surface area is 92.0 Å². The SMILES string of the molecule is ClCC#Cc1cc2cc[nH]c2cc1Cl. The third-order valence-corrected chi connectivity index (χ3v) is 2.38. The average Bonchev–Trinajstić information content (AvgIpc) is 2.61. The lowest BCUT2D eigenvalue weighted by atomic mass is 10.1. The lowest BCUT2D eigenvalue weighted by molar-refractivity contribution is 1.48. The molecule has 0 amide bonds. The Morgan fingerprint density at radius 3 is 3.00 bits per heavy atom. The first-order valence-electron chi connectivity index (χ1n) is 4.13. The minimum atomic E-state index is 0.321. The molecule has 0 saturated carbocycles. The number of aromatic nitrogens is 1. The quantitative estimate of drug-likeness (QED) is 0.521. The highest BCUT2D eigenvalue weighted by Crippen LogP contribution is 2.22. The fraction of sp³-hybridized carbons (Fsp3) is 0.0909. The van der Waals surface area contributed by atoms with E-state index in [0.29, 0.717) is 10.9 Å². The van der Waals surface area contributed by atoms with Crippen molar-refractivity contribution in [1.29, 1.82) is 0 Å². The summed E-state index contributed by atoms with van der Waals surface area (Å²) in [6.07, 6.45) is 1.87. The Morgan fingerprint density at radius 1 is 1.36 bits per heavy atom. The number of fused-ring (bicyclic) bond motifs is 1. The molecule has 0 aliphatic carbocycles. The third-order valence-electron chi connectivity index (χ3n) is 1.93. The van der Waals surface area contributed by atoms with Crippen LogP contribution in [-0.2, 0) is 0 Å². The van der Waals surface area contributed by atoms with Crippen molar-refractivity contribution in [3.8, 4) is 11.8 Å². The summed E-state index contributed by atoms with van der Waals surface area (Å²) in [5, 5.41) is 1.76. The maximum absolute atomic E-state index is 6.03. The summed E-state index contributed by atoms with van der Waals surface area (Å²) in [5.41, 5.74) is 1.84. The molecule has 1 nitrogen and oxygen atoms in total. The maximum Gasteiger partial charge on any atom is 0.0839 e. The van der Waals surface area contributed by atoms with Crippen molar-refractivity contribution in [2.45, 2.75) is 0 Å². The molecule has 70 valence electrons. The fourth-order valence-corrected chi connectivity index (χ4v) is 1.58. The van der Waals surface area contributed by atoms with E-state index >= 15 is 0 Å². The number of halogens is 2. The van der Waals surface area contributed by atoms with E-state index in [0.717, 1.165) is 16.5 Å². The van der Waals surface area contributed by atoms with Crippen LogP contribution in [0.15, 0.2) is 24.4 Å². The lowest BCUT2D eigenvalue weighted by Gasteiger charge is -1.96. The predicted octanol–water partition coefficient (Wildman–Crippen LogP) is 3.41. The molecule has 0 radical (unpaired) electrons. The predicted molar refractivity (Wildman–Crippen MR) is 60.9 cm³/mol. The van der Waals surface area contributed by atoms with Gasteiger partial charge in [-0.1, -0.05) is 23.4 Å². The zero-order valence-electron chi connectivity index (χ0n) is 7.27. The largest absolute Gasteiger partial charge is 0.361 e. The normalized spacial score (nSPS) is 9.86. The van der Waals surface area contributed by atoms with Crippen molar-refractivity contribution in [1.82, 2.24) is 4.98 Å². The number of hydrogen-bond donors (Lipinski definition) is 1. The molecule has 1 heterocycles. The minimum absolute atomic E-state index is 0.321. The van der Waals surface area contributed by atoms with Crippen LogP contribution in [0.25, 0.3) is 10.9 Å². The Hall–Kier alpha value is -1.10. The van der Waals surface area contributed by atoms with E-state index in [4.69, 9.17) is 23.2 Å². The second-order valence-electron chi connectivity index (χ2n) is 2.83. The summed E-state index contributed by atoms with van der Waals surface area (Å²) in [7, 11) is 0. The van der Waals surface area contributed by atoms with Crippen molar-refractivity contribution in [2.75, 3.05) is 5.88 Å². The van der Waals surface area contributed by atoms with Crippen molar-refractivity contribution in [3.63, 3.8) is 0 Å². The van der Waals surface area contributed by atoms with Gasteiger partial charge in [0.25, 0.3) is 0 Å². The number of alkyl halides is 1. The van der Waals surface area contributed by atoms with Crippen LogP contribution < -0.4 is 0 Å². The highest BCUT2D eigenvalue weighted by Gasteiger charge is 2.00. The Morgan fingerprint density at radius 2 is 2.21 bits per heavy atom. The molecule has 0 aliphatic heterocycles. The molecule has 1 aromatic heterocycles. The number of benzene rings is 1. The van der Waals surface area contributed by atoms with E-state index in [9.17, 15) is 0 Å². The highest BCUT2D eigenvalue weighted by atomic mass is 35.5. The number of rotatable bonds is 0. The van der Waals surface area contributed by atoms with Gasteiger partial charge in [-0.25, -0.2) is 0 Å². The van der Waals surface area contributed by atoms with Crippen LogP contribution in [0, 0.1) is 11.8 Å². The van der Waals surface area contributed by atoms with Crippen LogP contribution in [0.2, 0.25) is 5.02 Å². The molecule has 0 atom stereocenters. The molecule has 0 spiro atoms. The van der Waals surface area contributed by atoms with Crippen LogP contribution in [0.5, 0.6) is 0 Å². The van der Waals surface area contributed by atoms with Crippen LogP contribution in [-0.4, -0.2) is 10.9 Å². The molecule has 2 aromatic rings. The van der Waals surface area contributed by atoms with E-state index in [1.807, 2.05) is 24.4 Å². The molecule has 0 saturated heterocycles. The van der Waals surface area contributed by atoms with Crippen LogP contribution in [0.3, 0.4) is 0 Å². The van der Waals surface area contributed by atoms with E-state index in [-0.39, 0.29) is 0 Å². The number of hydrogen-bond acceptors (Lipinski definition) is 0. The van der Waals surface area contributed by atoms with Crippen LogP contribution in [0.4, 0.5) is 0 Å². The first-order valence-corrected chi connectivity index (χ1v) is 5.04. The second kappa shape index (κ2) is 3.96. The Balaban J connectivity index is 2.59. The average molecular weight is 224 g/mol. The maximum atomic E-state index is 6.03. The summed E-state index contributed by atoms with van der Waals surface area (Å²) in [6.45, 7) is 0. The number of aromatic amines is 1. The van der Waals surface area contributed by atoms with Crippen LogP contribution >= 0.6 is 23.2 Å². The Kier molecular flexibility index (Phi) is 2.67. The zero-order valence-corrected chi connectivity index (χ0v) is 8.78. The molecule has 14 heavy (non-hydrogen) atoms. The highest BCUT2D eigenvalue weighted by molar-refractivity contribution is 6.32. The van der Waals surface area contributed by atoms with Crippen LogP contribution in [0.1, 0.15) is 5.56 Å². The van der Waals surface area contributed by atoms with E-state index in [1.54, 1.807) is 0 Å². The first kappa shape index (κ1) is 9.45. The van der Waals surface area contributed by atoms with Gasteiger partial charge in [-0.15, -0.1) is 11.6 Å². The molecular weight excluding hydrogens is 217 g/mol. The summed E-state index contributed by atoms with van der Waals surface area (Å²) in [5.74, 6) is 6.02. The van der Waals surface area contributed by atoms with Crippen molar-refractivity contribution in [2.24, 2.45) is 0 Å². The molecule has 2 rings (SSSR count). The second-order valence-corrected chi connectivity index (χ2v) is 3.51. The van der Waals surface area contributed by atoms with Gasteiger partial charge in [-0.2, -0.15) is 0 Å². The lowest BCUT2D eigenvalue weighted by Crippen LogP contribution is -1.78. The van der Waals surface area contributed by atoms with Gasteiger partial charge in [0.15, 0.2) is 0 Å². The van der Waals surface area contributed by atoms with Crippen molar-refractivity contribution >= 4 is 34.1 Å². The zero-order chi connectivity index (χ0) is 9.97. The molecule has 0 unspecified atom stereocenters. The molecule has 3 heteroatoms. The van der Waals surface area contributed by atoms with Gasteiger partial charge in [0.1, 0.15) is 0 Å². The van der Waals surface area contributed by atoms with Gasteiger partial charge in [-0.05, 0) is 18.2 Å². The van der Waals surface area contributed by atoms with E-state index < -0.39 is 0 Å². The van der Waals surface area contributed by atoms with Gasteiger partial charge in [0.05, 0.1) is 10.9 Å². The number of H-pyrrole nitrogens is 1. The Bertz CT molecular complexity index is 517. The van der Waals surface area contributed by atoms with Gasteiger partial charge in [-0.3, -0.25) is 0 Å². The molecule has 0 bridgehead atoms. The summed E-state index contributed by atoms with van der Waals surface area (Å²) < 4.78 is 0.